The average Bonchev–Trinajstić information content (AvgIpc) is 2.86. The summed E-state index contributed by atoms with van der Waals surface area (Å²) in [5, 5.41) is 3.22. The average molecular weight is 317 g/mol. The Morgan fingerprint density at radius 1 is 1.48 bits per heavy atom. The van der Waals surface area contributed by atoms with E-state index < -0.39 is 0 Å². The van der Waals surface area contributed by atoms with Gasteiger partial charge in [0.1, 0.15) is 11.9 Å². The number of rotatable bonds is 4. The Hall–Kier alpha value is -1.62. The van der Waals surface area contributed by atoms with Crippen LogP contribution in [0.3, 0.4) is 0 Å². The van der Waals surface area contributed by atoms with Gasteiger partial charge >= 0.3 is 0 Å². The molecule has 5 nitrogen and oxygen atoms in total. The summed E-state index contributed by atoms with van der Waals surface area (Å²) in [5.74, 6) is 1.41. The van der Waals surface area contributed by atoms with Gasteiger partial charge in [0, 0.05) is 26.0 Å². The van der Waals surface area contributed by atoms with Gasteiger partial charge in [-0.25, -0.2) is 4.98 Å². The number of hydrogen-bond donors (Lipinski definition) is 1. The first-order chi connectivity index (χ1) is 10.8. The second-order valence-corrected chi connectivity index (χ2v) is 7.66. The van der Waals surface area contributed by atoms with Crippen LogP contribution in [0.5, 0.6) is 0 Å². The number of amides is 1. The number of aromatic nitrogens is 2. The molecule has 126 valence electrons. The van der Waals surface area contributed by atoms with Crippen LogP contribution in [-0.4, -0.2) is 28.1 Å². The normalized spacial score (nSPS) is 31.7. The van der Waals surface area contributed by atoms with Crippen LogP contribution in [0.15, 0.2) is 24.0 Å². The zero-order valence-electron chi connectivity index (χ0n) is 14.7. The number of nitrogens with zero attached hydrogens (tertiary/aromatic N) is 2. The highest BCUT2D eigenvalue weighted by Crippen LogP contribution is 2.59. The van der Waals surface area contributed by atoms with Gasteiger partial charge in [0.05, 0.1) is 12.0 Å². The molecule has 4 atom stereocenters. The molecular weight excluding hydrogens is 290 g/mol. The number of allylic oxidation sites excluding steroid dienone is 2. The van der Waals surface area contributed by atoms with E-state index >= 15 is 0 Å². The minimum atomic E-state index is -0.150. The summed E-state index contributed by atoms with van der Waals surface area (Å²) in [7, 11) is 1.96. The van der Waals surface area contributed by atoms with Crippen molar-refractivity contribution in [3.8, 4) is 0 Å². The van der Waals surface area contributed by atoms with Crippen LogP contribution in [0, 0.1) is 17.3 Å². The molecule has 1 aromatic rings. The third kappa shape index (κ3) is 2.94. The van der Waals surface area contributed by atoms with Crippen molar-refractivity contribution in [1.82, 2.24) is 14.9 Å². The fraction of sp³-hybridized carbons (Fsp3) is 0.667. The van der Waals surface area contributed by atoms with Crippen LogP contribution in [0.2, 0.25) is 0 Å². The smallest absolute Gasteiger partial charge is 0.224 e. The summed E-state index contributed by atoms with van der Waals surface area (Å²) < 4.78 is 7.79. The van der Waals surface area contributed by atoms with Gasteiger partial charge in [-0.1, -0.05) is 25.5 Å². The first kappa shape index (κ1) is 16.2. The van der Waals surface area contributed by atoms with E-state index in [0.717, 1.165) is 12.2 Å². The zero-order valence-corrected chi connectivity index (χ0v) is 14.7. The molecule has 2 fully saturated rings. The van der Waals surface area contributed by atoms with Crippen molar-refractivity contribution in [2.24, 2.45) is 24.3 Å². The molecule has 1 N–H and O–H groups in total. The van der Waals surface area contributed by atoms with E-state index in [0.29, 0.717) is 12.5 Å². The van der Waals surface area contributed by atoms with Crippen LogP contribution in [-0.2, 0) is 16.6 Å². The van der Waals surface area contributed by atoms with Crippen LogP contribution in [0.1, 0.15) is 46.0 Å². The number of nitrogens with one attached hydrogen (secondary N) is 1. The highest BCUT2D eigenvalue weighted by Gasteiger charge is 2.60. The predicted octanol–water partition coefficient (Wildman–Crippen LogP) is 2.60. The highest BCUT2D eigenvalue weighted by molar-refractivity contribution is 5.84. The molecule has 2 heterocycles. The van der Waals surface area contributed by atoms with E-state index in [-0.39, 0.29) is 29.4 Å². The number of carbonyl (C=O) groups excluding carboxylic acids is 1. The molecule has 0 radical (unpaired) electrons. The molecule has 0 bridgehead atoms. The topological polar surface area (TPSA) is 56.1 Å². The zero-order chi connectivity index (χ0) is 16.8. The molecule has 1 saturated heterocycles. The van der Waals surface area contributed by atoms with Crippen molar-refractivity contribution < 1.29 is 9.53 Å². The molecule has 5 heteroatoms. The van der Waals surface area contributed by atoms with E-state index in [4.69, 9.17) is 4.74 Å². The first-order valence-corrected chi connectivity index (χ1v) is 8.36. The van der Waals surface area contributed by atoms with Crippen molar-refractivity contribution in [2.75, 3.05) is 6.61 Å². The van der Waals surface area contributed by atoms with E-state index in [9.17, 15) is 4.79 Å². The van der Waals surface area contributed by atoms with Gasteiger partial charge in [0.25, 0.3) is 0 Å². The Kier molecular flexibility index (Phi) is 4.08. The molecule has 3 rings (SSSR count). The number of hydrogen-bond acceptors (Lipinski definition) is 3. The summed E-state index contributed by atoms with van der Waals surface area (Å²) in [6.07, 6.45) is 6.59. The Labute approximate surface area is 138 Å². The Bertz CT molecular complexity index is 628. The Morgan fingerprint density at radius 3 is 2.83 bits per heavy atom. The minimum absolute atomic E-state index is 0.00681. The fourth-order valence-electron chi connectivity index (χ4n) is 3.76. The fourth-order valence-corrected chi connectivity index (χ4v) is 3.76. The molecule has 1 aromatic heterocycles. The maximum Gasteiger partial charge on any atom is 0.224 e. The molecule has 1 aliphatic carbocycles. The van der Waals surface area contributed by atoms with E-state index in [1.54, 1.807) is 6.20 Å². The largest absolute Gasteiger partial charge is 0.368 e. The molecule has 1 aliphatic heterocycles. The molecule has 0 aromatic carbocycles. The second kappa shape index (κ2) is 5.78. The predicted molar refractivity (Wildman–Crippen MR) is 88.6 cm³/mol. The summed E-state index contributed by atoms with van der Waals surface area (Å²) in [5.41, 5.74) is 1.31. The number of ether oxygens (including phenoxy) is 1. The van der Waals surface area contributed by atoms with Crippen LogP contribution in [0.25, 0.3) is 0 Å². The number of carbonyl (C=O) groups is 1. The van der Waals surface area contributed by atoms with E-state index in [1.165, 1.54) is 5.57 Å². The van der Waals surface area contributed by atoms with Crippen molar-refractivity contribution in [1.29, 1.82) is 0 Å². The molecule has 2 aliphatic rings. The van der Waals surface area contributed by atoms with E-state index in [1.807, 2.05) is 17.8 Å². The van der Waals surface area contributed by atoms with Crippen molar-refractivity contribution in [3.05, 3.63) is 29.9 Å². The lowest BCUT2D eigenvalue weighted by Crippen LogP contribution is -2.39. The highest BCUT2D eigenvalue weighted by atomic mass is 16.5. The lowest BCUT2D eigenvalue weighted by Gasteiger charge is -2.20. The lowest BCUT2D eigenvalue weighted by atomic mass is 10.1. The summed E-state index contributed by atoms with van der Waals surface area (Å²) in [4.78, 5) is 17.1. The van der Waals surface area contributed by atoms with Gasteiger partial charge in [0.15, 0.2) is 0 Å². The molecular formula is C18H27N3O2. The summed E-state index contributed by atoms with van der Waals surface area (Å²) >= 11 is 0. The van der Waals surface area contributed by atoms with E-state index in [2.05, 4.69) is 44.1 Å². The van der Waals surface area contributed by atoms with Gasteiger partial charge in [-0.3, -0.25) is 4.79 Å². The monoisotopic (exact) mass is 317 g/mol. The molecule has 0 unspecified atom stereocenters. The molecule has 1 amide bonds. The quantitative estimate of drug-likeness (QED) is 0.869. The van der Waals surface area contributed by atoms with Gasteiger partial charge < -0.3 is 14.6 Å². The maximum atomic E-state index is 12.7. The first-order valence-electron chi connectivity index (χ1n) is 8.36. The summed E-state index contributed by atoms with van der Waals surface area (Å²) in [6, 6.07) is 0.00681. The molecule has 1 saturated carbocycles. The van der Waals surface area contributed by atoms with Crippen molar-refractivity contribution in [3.63, 3.8) is 0 Å². The third-order valence-electron chi connectivity index (χ3n) is 5.24. The third-order valence-corrected chi connectivity index (χ3v) is 5.24. The van der Waals surface area contributed by atoms with Gasteiger partial charge in [-0.05, 0) is 31.6 Å². The SMILES string of the molecule is CC(C)=C[C@H]1[C@H](C(=O)N[C@H]2CCO[C@@H]2c2nccn2C)C1(C)C. The van der Waals surface area contributed by atoms with Gasteiger partial charge in [0.2, 0.25) is 5.91 Å². The Balaban J connectivity index is 1.69. The van der Waals surface area contributed by atoms with Crippen LogP contribution >= 0.6 is 0 Å². The number of aryl methyl sites for hydroxylation is 1. The van der Waals surface area contributed by atoms with Crippen LogP contribution in [0.4, 0.5) is 0 Å². The maximum absolute atomic E-state index is 12.7. The van der Waals surface area contributed by atoms with Crippen molar-refractivity contribution in [2.45, 2.75) is 46.3 Å². The van der Waals surface area contributed by atoms with Gasteiger partial charge in [-0.15, -0.1) is 0 Å². The summed E-state index contributed by atoms with van der Waals surface area (Å²) in [6.45, 7) is 9.18. The van der Waals surface area contributed by atoms with Crippen molar-refractivity contribution >= 4 is 5.91 Å². The standard InChI is InChI=1S/C18H27N3O2/c1-11(2)10-12-14(18(12,3)4)17(22)20-13-6-9-23-15(13)16-19-7-8-21(16)5/h7-8,10,12-15H,6,9H2,1-5H3,(H,20,22)/t12-,13-,14+,15-/m0/s1. The lowest BCUT2D eigenvalue weighted by molar-refractivity contribution is -0.124. The Morgan fingerprint density at radius 2 is 2.22 bits per heavy atom. The van der Waals surface area contributed by atoms with Gasteiger partial charge in [-0.2, -0.15) is 0 Å². The molecule has 0 spiro atoms. The second-order valence-electron chi connectivity index (χ2n) is 7.66. The van der Waals surface area contributed by atoms with Crippen LogP contribution < -0.4 is 5.32 Å². The minimum Gasteiger partial charge on any atom is -0.368 e. The number of imidazole rings is 1. The molecule has 23 heavy (non-hydrogen) atoms.